The van der Waals surface area contributed by atoms with Crippen molar-refractivity contribution >= 4 is 69.1 Å². The quantitative estimate of drug-likeness (QED) is 0.114. The number of aromatic nitrogens is 2. The first kappa shape index (κ1) is 25.4. The number of thiazole rings is 2. The number of allylic oxidation sites excluding steroid dienone is 1. The molecule has 2 amide bonds. The maximum absolute atomic E-state index is 12.8. The van der Waals surface area contributed by atoms with E-state index in [1.807, 2.05) is 6.92 Å². The molecule has 0 saturated carbocycles. The summed E-state index contributed by atoms with van der Waals surface area (Å²) in [4.78, 5) is 47.4. The van der Waals surface area contributed by atoms with Crippen LogP contribution in [0.25, 0.3) is 6.08 Å². The van der Waals surface area contributed by atoms with E-state index < -0.39 is 29.2 Å². The number of aliphatic carboxylic acids is 1. The number of carbonyl (C=O) groups excluding carboxylic acids is 2. The van der Waals surface area contributed by atoms with Gasteiger partial charge in [0.2, 0.25) is 0 Å². The van der Waals surface area contributed by atoms with Gasteiger partial charge >= 0.3 is 35.5 Å². The minimum absolute atomic E-state index is 0. The number of carbonyl (C=O) groups is 3. The molecule has 2 aromatic heterocycles. The standard InChI is InChI=1S/C18H16N6O5S3.Na.H/c1-7-10(32-6-20-7)3-2-8-4-30-16-12(15(26)24(16)13(8)17(27)28)22-14(25)11(23-29)9-5-31-18(19)21-9;;/h2-3,5-6,12,16,29H,4H2,1H3,(H2,19,21)(H,22,25)(H,27,28);;/q;+1;-1/b3-2+,23-11+;;/t12?,16-;;/m1../s1. The average molecular weight is 517 g/mol. The summed E-state index contributed by atoms with van der Waals surface area (Å²) in [7, 11) is 0. The van der Waals surface area contributed by atoms with Gasteiger partial charge in [0.25, 0.3) is 11.8 Å². The van der Waals surface area contributed by atoms with E-state index in [9.17, 15) is 24.7 Å². The number of rotatable bonds is 6. The summed E-state index contributed by atoms with van der Waals surface area (Å²) >= 11 is 3.82. The van der Waals surface area contributed by atoms with Gasteiger partial charge in [0.15, 0.2) is 10.8 Å². The third-order valence-electron chi connectivity index (χ3n) is 4.79. The summed E-state index contributed by atoms with van der Waals surface area (Å²) in [6.07, 6.45) is 3.45. The molecule has 0 aromatic carbocycles. The number of oxime groups is 1. The first-order valence-electron chi connectivity index (χ1n) is 9.05. The molecule has 33 heavy (non-hydrogen) atoms. The minimum atomic E-state index is -1.23. The van der Waals surface area contributed by atoms with E-state index in [1.165, 1.54) is 28.5 Å². The number of fused-ring (bicyclic) bond motifs is 1. The fourth-order valence-electron chi connectivity index (χ4n) is 3.24. The molecule has 1 unspecified atom stereocenters. The Hall–Kier alpha value is -2.23. The Kier molecular flexibility index (Phi) is 7.97. The summed E-state index contributed by atoms with van der Waals surface area (Å²) in [5, 5.41) is 25.5. The van der Waals surface area contributed by atoms with Gasteiger partial charge in [-0.25, -0.2) is 14.8 Å². The molecule has 2 aliphatic rings. The number of nitrogens with two attached hydrogens (primary N) is 1. The number of thioether (sulfide) groups is 1. The molecule has 5 N–H and O–H groups in total. The first-order chi connectivity index (χ1) is 15.3. The van der Waals surface area contributed by atoms with Crippen molar-refractivity contribution in [2.45, 2.75) is 18.3 Å². The maximum Gasteiger partial charge on any atom is 1.00 e. The second kappa shape index (κ2) is 10.4. The van der Waals surface area contributed by atoms with Crippen molar-refractivity contribution in [3.63, 3.8) is 0 Å². The molecule has 1 fully saturated rings. The van der Waals surface area contributed by atoms with Gasteiger partial charge in [-0.3, -0.25) is 14.5 Å². The molecule has 168 valence electrons. The van der Waals surface area contributed by atoms with Crippen LogP contribution in [0.1, 0.15) is 17.7 Å². The van der Waals surface area contributed by atoms with Gasteiger partial charge < -0.3 is 22.8 Å². The van der Waals surface area contributed by atoms with Crippen LogP contribution in [0.5, 0.6) is 0 Å². The van der Waals surface area contributed by atoms with Crippen LogP contribution in [-0.4, -0.2) is 65.8 Å². The number of hydrogen-bond donors (Lipinski definition) is 4. The predicted octanol–water partition coefficient (Wildman–Crippen LogP) is -1.76. The van der Waals surface area contributed by atoms with E-state index in [-0.39, 0.29) is 53.2 Å². The van der Waals surface area contributed by atoms with Crippen molar-refractivity contribution in [1.82, 2.24) is 20.2 Å². The van der Waals surface area contributed by atoms with Crippen LogP contribution in [0.2, 0.25) is 0 Å². The maximum atomic E-state index is 12.8. The summed E-state index contributed by atoms with van der Waals surface area (Å²) in [5.74, 6) is -2.28. The molecular weight excluding hydrogens is 499 g/mol. The van der Waals surface area contributed by atoms with Crippen molar-refractivity contribution in [2.75, 3.05) is 11.5 Å². The van der Waals surface area contributed by atoms with Crippen molar-refractivity contribution in [1.29, 1.82) is 0 Å². The number of carboxylic acids is 1. The van der Waals surface area contributed by atoms with Gasteiger partial charge in [0, 0.05) is 16.0 Å². The zero-order valence-corrected chi connectivity index (χ0v) is 21.8. The van der Waals surface area contributed by atoms with E-state index in [0.29, 0.717) is 11.3 Å². The predicted molar refractivity (Wildman–Crippen MR) is 122 cm³/mol. The number of anilines is 1. The Morgan fingerprint density at radius 1 is 1.39 bits per heavy atom. The Morgan fingerprint density at radius 2 is 2.15 bits per heavy atom. The first-order valence-corrected chi connectivity index (χ1v) is 11.9. The van der Waals surface area contributed by atoms with Crippen LogP contribution in [0.3, 0.4) is 0 Å². The summed E-state index contributed by atoms with van der Waals surface area (Å²) in [6.45, 7) is 1.85. The molecule has 0 radical (unpaired) electrons. The number of nitrogen functional groups attached to an aromatic ring is 1. The molecule has 4 rings (SSSR count). The summed E-state index contributed by atoms with van der Waals surface area (Å²) in [5.41, 5.74) is 8.13. The molecular formula is C18H17N6NaO5S3. The van der Waals surface area contributed by atoms with Gasteiger partial charge in [0.1, 0.15) is 22.8 Å². The van der Waals surface area contributed by atoms with Gasteiger partial charge in [0.05, 0.1) is 11.2 Å². The fourth-order valence-corrected chi connectivity index (χ4v) is 5.80. The Morgan fingerprint density at radius 3 is 2.73 bits per heavy atom. The molecule has 2 aliphatic heterocycles. The second-order valence-corrected chi connectivity index (χ2v) is 9.58. The largest absolute Gasteiger partial charge is 1.00 e. The van der Waals surface area contributed by atoms with E-state index in [2.05, 4.69) is 20.4 Å². The van der Waals surface area contributed by atoms with Crippen molar-refractivity contribution in [2.24, 2.45) is 5.16 Å². The zero-order valence-electron chi connectivity index (χ0n) is 18.4. The Bertz CT molecular complexity index is 1210. The van der Waals surface area contributed by atoms with E-state index >= 15 is 0 Å². The van der Waals surface area contributed by atoms with Gasteiger partial charge in [-0.2, -0.15) is 0 Å². The molecule has 2 aromatic rings. The van der Waals surface area contributed by atoms with Crippen LogP contribution in [0.15, 0.2) is 33.4 Å². The van der Waals surface area contributed by atoms with Crippen LogP contribution < -0.4 is 40.6 Å². The SMILES string of the molecule is Cc1ncsc1/C=C/C1=C(C(=O)O)N2C(=O)C(NC(=O)/C(=N/O)c3csc(N)n3)[C@H]2SC1.[H-].[Na+]. The zero-order chi connectivity index (χ0) is 23.0. The van der Waals surface area contributed by atoms with Crippen LogP contribution in [0.4, 0.5) is 5.13 Å². The van der Waals surface area contributed by atoms with Crippen LogP contribution in [-0.2, 0) is 14.4 Å². The van der Waals surface area contributed by atoms with Crippen molar-refractivity contribution < 1.29 is 55.7 Å². The molecule has 4 heterocycles. The number of hydrogen-bond acceptors (Lipinski definition) is 11. The molecule has 15 heteroatoms. The number of carboxylic acid groups (broad SMARTS) is 1. The van der Waals surface area contributed by atoms with Gasteiger partial charge in [-0.1, -0.05) is 11.2 Å². The van der Waals surface area contributed by atoms with Crippen LogP contribution >= 0.6 is 34.4 Å². The number of aryl methyl sites for hydroxylation is 1. The average Bonchev–Trinajstić information content (AvgIpc) is 3.37. The monoisotopic (exact) mass is 516 g/mol. The number of β-lactam (4-membered cyclic amide) rings is 1. The second-order valence-electron chi connectivity index (χ2n) is 6.69. The topological polar surface area (TPSA) is 171 Å². The number of nitrogens with zero attached hydrogens (tertiary/aromatic N) is 4. The van der Waals surface area contributed by atoms with Crippen molar-refractivity contribution in [3.05, 3.63) is 44.5 Å². The van der Waals surface area contributed by atoms with Gasteiger partial charge in [-0.15, -0.1) is 34.4 Å². The molecule has 2 atom stereocenters. The molecule has 0 bridgehead atoms. The Balaban J connectivity index is 0.00000204. The van der Waals surface area contributed by atoms with Crippen LogP contribution in [0, 0.1) is 6.92 Å². The molecule has 11 nitrogen and oxygen atoms in total. The third kappa shape index (κ3) is 4.85. The molecule has 0 spiro atoms. The normalized spacial score (nSPS) is 20.3. The number of nitrogens with one attached hydrogen (secondary N) is 1. The summed E-state index contributed by atoms with van der Waals surface area (Å²) < 4.78 is 0. The summed E-state index contributed by atoms with van der Waals surface area (Å²) in [6, 6.07) is -0.969. The smallest absolute Gasteiger partial charge is 1.00 e. The number of amides is 2. The van der Waals surface area contributed by atoms with E-state index in [1.54, 1.807) is 17.7 Å². The minimum Gasteiger partial charge on any atom is -1.00 e. The fraction of sp³-hybridized carbons (Fsp3) is 0.222. The van der Waals surface area contributed by atoms with E-state index in [4.69, 9.17) is 5.73 Å². The van der Waals surface area contributed by atoms with Gasteiger partial charge in [-0.05, 0) is 18.6 Å². The Labute approximate surface area is 223 Å². The molecule has 1 saturated heterocycles. The third-order valence-corrected chi connectivity index (χ3v) is 7.66. The van der Waals surface area contributed by atoms with E-state index in [0.717, 1.165) is 26.8 Å². The van der Waals surface area contributed by atoms with Crippen molar-refractivity contribution in [3.8, 4) is 0 Å². The molecule has 0 aliphatic carbocycles.